The Kier molecular flexibility index (Phi) is 3.12. The zero-order valence-corrected chi connectivity index (χ0v) is 11.0. The average Bonchev–Trinajstić information content (AvgIpc) is 3.13. The molecular formula is C13H20N2O4. The minimum atomic E-state index is -0.841. The fourth-order valence-corrected chi connectivity index (χ4v) is 3.40. The number of carbonyl (C=O) groups excluding carboxylic acids is 1. The molecule has 0 bridgehead atoms. The zero-order valence-electron chi connectivity index (χ0n) is 11.0. The molecular weight excluding hydrogens is 248 g/mol. The molecule has 6 nitrogen and oxygen atoms in total. The number of rotatable bonds is 1. The van der Waals surface area contributed by atoms with Gasteiger partial charge < -0.3 is 19.6 Å². The van der Waals surface area contributed by atoms with Crippen molar-refractivity contribution in [3.05, 3.63) is 0 Å². The second kappa shape index (κ2) is 4.67. The van der Waals surface area contributed by atoms with Crippen molar-refractivity contribution in [2.24, 2.45) is 11.3 Å². The molecule has 0 aromatic heterocycles. The van der Waals surface area contributed by atoms with E-state index in [9.17, 15) is 9.59 Å². The van der Waals surface area contributed by atoms with Crippen LogP contribution in [0.4, 0.5) is 4.79 Å². The highest BCUT2D eigenvalue weighted by molar-refractivity contribution is 5.83. The number of nitrogens with zero attached hydrogens (tertiary/aromatic N) is 2. The summed E-state index contributed by atoms with van der Waals surface area (Å²) in [5.74, 6) is 0.383. The lowest BCUT2D eigenvalue weighted by Gasteiger charge is -2.32. The number of hydrogen-bond donors (Lipinski definition) is 1. The molecule has 2 aliphatic heterocycles. The fraction of sp³-hybridized carbons (Fsp3) is 0.846. The predicted molar refractivity (Wildman–Crippen MR) is 66.8 cm³/mol. The van der Waals surface area contributed by atoms with Gasteiger partial charge in [0.05, 0.1) is 13.2 Å². The maximum atomic E-state index is 12.4. The van der Waals surface area contributed by atoms with Crippen LogP contribution in [0.1, 0.15) is 19.3 Å². The standard InChI is InChI=1S/C13H20N2O4/c16-11(14-5-7-19-8-6-14)10-9-13(10)1-3-15(4-2-13)12(17)18/h10H,1-9H2,(H,17,18)/t10-/m1/s1. The van der Waals surface area contributed by atoms with Gasteiger partial charge in [0, 0.05) is 32.1 Å². The van der Waals surface area contributed by atoms with Crippen molar-refractivity contribution < 1.29 is 19.4 Å². The Morgan fingerprint density at radius 2 is 1.68 bits per heavy atom. The zero-order chi connectivity index (χ0) is 13.5. The topological polar surface area (TPSA) is 70.1 Å². The second-order valence-electron chi connectivity index (χ2n) is 5.83. The Labute approximate surface area is 112 Å². The van der Waals surface area contributed by atoms with E-state index in [4.69, 9.17) is 9.84 Å². The van der Waals surface area contributed by atoms with E-state index in [1.54, 1.807) is 0 Å². The van der Waals surface area contributed by atoms with E-state index in [0.29, 0.717) is 39.4 Å². The molecule has 1 N–H and O–H groups in total. The van der Waals surface area contributed by atoms with Gasteiger partial charge in [-0.1, -0.05) is 0 Å². The van der Waals surface area contributed by atoms with Gasteiger partial charge in [-0.15, -0.1) is 0 Å². The molecule has 1 atom stereocenters. The summed E-state index contributed by atoms with van der Waals surface area (Å²) < 4.78 is 5.26. The predicted octanol–water partition coefficient (Wildman–Crippen LogP) is 0.625. The lowest BCUT2D eigenvalue weighted by atomic mass is 9.90. The van der Waals surface area contributed by atoms with Crippen molar-refractivity contribution in [3.63, 3.8) is 0 Å². The van der Waals surface area contributed by atoms with Gasteiger partial charge in [-0.2, -0.15) is 0 Å². The van der Waals surface area contributed by atoms with E-state index in [-0.39, 0.29) is 17.2 Å². The SMILES string of the molecule is O=C(O)N1CCC2(CC1)C[C@@H]2C(=O)N1CCOCC1. The molecule has 0 aromatic rings. The molecule has 2 heterocycles. The van der Waals surface area contributed by atoms with Gasteiger partial charge in [0.15, 0.2) is 0 Å². The van der Waals surface area contributed by atoms with E-state index in [0.717, 1.165) is 19.3 Å². The normalized spacial score (nSPS) is 29.4. The summed E-state index contributed by atoms with van der Waals surface area (Å²) in [6, 6.07) is 0. The number of carboxylic acid groups (broad SMARTS) is 1. The van der Waals surface area contributed by atoms with Crippen molar-refractivity contribution in [3.8, 4) is 0 Å². The number of likely N-dealkylation sites (tertiary alicyclic amines) is 1. The molecule has 0 unspecified atom stereocenters. The Morgan fingerprint density at radius 3 is 2.26 bits per heavy atom. The molecule has 2 saturated heterocycles. The molecule has 19 heavy (non-hydrogen) atoms. The van der Waals surface area contributed by atoms with Crippen LogP contribution in [0.3, 0.4) is 0 Å². The second-order valence-corrected chi connectivity index (χ2v) is 5.83. The largest absolute Gasteiger partial charge is 0.465 e. The van der Waals surface area contributed by atoms with Crippen LogP contribution in [0.25, 0.3) is 0 Å². The highest BCUT2D eigenvalue weighted by Crippen LogP contribution is 2.60. The number of ether oxygens (including phenoxy) is 1. The van der Waals surface area contributed by atoms with Gasteiger partial charge in [-0.25, -0.2) is 4.79 Å². The van der Waals surface area contributed by atoms with Crippen molar-refractivity contribution >= 4 is 12.0 Å². The smallest absolute Gasteiger partial charge is 0.407 e. The first-order valence-corrected chi connectivity index (χ1v) is 6.97. The summed E-state index contributed by atoms with van der Waals surface area (Å²) in [4.78, 5) is 26.6. The number of carbonyl (C=O) groups is 2. The van der Waals surface area contributed by atoms with Crippen molar-refractivity contribution in [2.45, 2.75) is 19.3 Å². The Balaban J connectivity index is 1.55. The van der Waals surface area contributed by atoms with Crippen molar-refractivity contribution in [1.29, 1.82) is 0 Å². The van der Waals surface area contributed by atoms with E-state index in [1.807, 2.05) is 4.90 Å². The van der Waals surface area contributed by atoms with Crippen LogP contribution in [0.5, 0.6) is 0 Å². The summed E-state index contributed by atoms with van der Waals surface area (Å²) in [5, 5.41) is 8.94. The van der Waals surface area contributed by atoms with E-state index >= 15 is 0 Å². The molecule has 2 amide bonds. The highest BCUT2D eigenvalue weighted by atomic mass is 16.5. The molecule has 1 spiro atoms. The maximum Gasteiger partial charge on any atom is 0.407 e. The Hall–Kier alpha value is -1.30. The average molecular weight is 268 g/mol. The number of amides is 2. The number of hydrogen-bond acceptors (Lipinski definition) is 3. The van der Waals surface area contributed by atoms with E-state index in [1.165, 1.54) is 4.90 Å². The first kappa shape index (κ1) is 12.7. The number of morpholine rings is 1. The third kappa shape index (κ3) is 2.29. The molecule has 3 aliphatic rings. The van der Waals surface area contributed by atoms with Gasteiger partial charge >= 0.3 is 6.09 Å². The van der Waals surface area contributed by atoms with Crippen molar-refractivity contribution in [1.82, 2.24) is 9.80 Å². The van der Waals surface area contributed by atoms with Gasteiger partial charge in [0.25, 0.3) is 0 Å². The first-order valence-electron chi connectivity index (χ1n) is 6.97. The van der Waals surface area contributed by atoms with Gasteiger partial charge in [0.1, 0.15) is 0 Å². The maximum absolute atomic E-state index is 12.4. The fourth-order valence-electron chi connectivity index (χ4n) is 3.40. The van der Waals surface area contributed by atoms with Crippen LogP contribution in [0, 0.1) is 11.3 Å². The molecule has 3 rings (SSSR count). The van der Waals surface area contributed by atoms with Crippen LogP contribution in [-0.2, 0) is 9.53 Å². The summed E-state index contributed by atoms with van der Waals surface area (Å²) in [6.45, 7) is 3.82. The van der Waals surface area contributed by atoms with Gasteiger partial charge in [-0.05, 0) is 24.7 Å². The van der Waals surface area contributed by atoms with Crippen molar-refractivity contribution in [2.75, 3.05) is 39.4 Å². The lowest BCUT2D eigenvalue weighted by molar-refractivity contribution is -0.137. The van der Waals surface area contributed by atoms with E-state index < -0.39 is 6.09 Å². The monoisotopic (exact) mass is 268 g/mol. The molecule has 1 saturated carbocycles. The summed E-state index contributed by atoms with van der Waals surface area (Å²) in [6.07, 6.45) is 1.77. The number of piperidine rings is 1. The minimum absolute atomic E-state index is 0.0985. The highest BCUT2D eigenvalue weighted by Gasteiger charge is 2.59. The van der Waals surface area contributed by atoms with Crippen LogP contribution in [0.2, 0.25) is 0 Å². The first-order chi connectivity index (χ1) is 9.12. The summed E-state index contributed by atoms with van der Waals surface area (Å²) >= 11 is 0. The molecule has 3 fully saturated rings. The molecule has 6 heteroatoms. The van der Waals surface area contributed by atoms with Crippen LogP contribution in [-0.4, -0.2) is 66.3 Å². The Morgan fingerprint density at radius 1 is 1.05 bits per heavy atom. The molecule has 106 valence electrons. The Bertz CT molecular complexity index is 384. The van der Waals surface area contributed by atoms with Crippen LogP contribution >= 0.6 is 0 Å². The van der Waals surface area contributed by atoms with Gasteiger partial charge in [-0.3, -0.25) is 4.79 Å². The summed E-state index contributed by atoms with van der Waals surface area (Å²) in [7, 11) is 0. The molecule has 0 radical (unpaired) electrons. The minimum Gasteiger partial charge on any atom is -0.465 e. The van der Waals surface area contributed by atoms with E-state index in [2.05, 4.69) is 0 Å². The lowest BCUT2D eigenvalue weighted by Crippen LogP contribution is -2.44. The quantitative estimate of drug-likeness (QED) is 0.757. The van der Waals surface area contributed by atoms with Gasteiger partial charge in [0.2, 0.25) is 5.91 Å². The molecule has 1 aliphatic carbocycles. The molecule has 0 aromatic carbocycles. The summed E-state index contributed by atoms with van der Waals surface area (Å²) in [5.41, 5.74) is 0.0985. The van der Waals surface area contributed by atoms with Crippen LogP contribution < -0.4 is 0 Å². The van der Waals surface area contributed by atoms with Crippen LogP contribution in [0.15, 0.2) is 0 Å². The third-order valence-corrected chi connectivity index (χ3v) is 4.84. The third-order valence-electron chi connectivity index (χ3n) is 4.84.